The molecule has 0 fully saturated rings. The van der Waals surface area contributed by atoms with Gasteiger partial charge in [-0.15, -0.1) is 0 Å². The number of alkyl halides is 1. The molecule has 1 unspecified atom stereocenters. The van der Waals surface area contributed by atoms with Gasteiger partial charge in [-0.1, -0.05) is 100 Å². The molecule has 0 aliphatic rings. The first kappa shape index (κ1) is 16.7. The SMILES string of the molecule is CCCCCCCCCCCCCC(O)I. The van der Waals surface area contributed by atoms with Gasteiger partial charge in [-0.05, 0) is 6.42 Å². The summed E-state index contributed by atoms with van der Waals surface area (Å²) < 4.78 is -0.129. The number of rotatable bonds is 12. The van der Waals surface area contributed by atoms with Gasteiger partial charge in [-0.2, -0.15) is 0 Å². The summed E-state index contributed by atoms with van der Waals surface area (Å²) in [6, 6.07) is 0. The maximum absolute atomic E-state index is 9.08. The fourth-order valence-electron chi connectivity index (χ4n) is 1.98. The van der Waals surface area contributed by atoms with Crippen molar-refractivity contribution in [1.82, 2.24) is 0 Å². The smallest absolute Gasteiger partial charge is 0.105 e. The van der Waals surface area contributed by atoms with E-state index in [1.807, 2.05) is 0 Å². The molecule has 0 bridgehead atoms. The first-order chi connectivity index (χ1) is 7.77. The highest BCUT2D eigenvalue weighted by atomic mass is 127. The van der Waals surface area contributed by atoms with Gasteiger partial charge in [0.15, 0.2) is 0 Å². The van der Waals surface area contributed by atoms with Crippen LogP contribution in [0.2, 0.25) is 0 Å². The molecule has 1 nitrogen and oxygen atoms in total. The van der Waals surface area contributed by atoms with Crippen molar-refractivity contribution < 1.29 is 5.11 Å². The molecule has 16 heavy (non-hydrogen) atoms. The molecule has 0 aromatic carbocycles. The van der Waals surface area contributed by atoms with Crippen LogP contribution in [-0.2, 0) is 0 Å². The normalized spacial score (nSPS) is 12.9. The quantitative estimate of drug-likeness (QED) is 0.285. The monoisotopic (exact) mass is 340 g/mol. The van der Waals surface area contributed by atoms with Crippen LogP contribution in [0.25, 0.3) is 0 Å². The Kier molecular flexibility index (Phi) is 14.3. The summed E-state index contributed by atoms with van der Waals surface area (Å²) in [5.74, 6) is 0. The second kappa shape index (κ2) is 13.8. The summed E-state index contributed by atoms with van der Waals surface area (Å²) in [4.78, 5) is 0. The van der Waals surface area contributed by atoms with E-state index in [2.05, 4.69) is 29.5 Å². The molecule has 0 radical (unpaired) electrons. The number of aliphatic hydroxyl groups excluding tert-OH is 1. The molecule has 0 amide bonds. The Balaban J connectivity index is 2.88. The lowest BCUT2D eigenvalue weighted by molar-refractivity contribution is 0.263. The molecule has 0 saturated carbocycles. The summed E-state index contributed by atoms with van der Waals surface area (Å²) in [7, 11) is 0. The van der Waals surface area contributed by atoms with E-state index in [0.717, 1.165) is 6.42 Å². The third kappa shape index (κ3) is 14.7. The molecule has 0 rings (SSSR count). The van der Waals surface area contributed by atoms with Crippen LogP contribution >= 0.6 is 22.6 Å². The molecule has 98 valence electrons. The van der Waals surface area contributed by atoms with E-state index in [9.17, 15) is 0 Å². The van der Waals surface area contributed by atoms with Crippen molar-refractivity contribution in [2.75, 3.05) is 0 Å². The van der Waals surface area contributed by atoms with E-state index in [1.165, 1.54) is 70.6 Å². The third-order valence-electron chi connectivity index (χ3n) is 3.05. The predicted octanol–water partition coefficient (Wildman–Crippen LogP) is 5.44. The Morgan fingerprint density at radius 2 is 1.12 bits per heavy atom. The zero-order valence-corrected chi connectivity index (χ0v) is 13.0. The van der Waals surface area contributed by atoms with Crippen LogP contribution in [0.15, 0.2) is 0 Å². The first-order valence-electron chi connectivity index (χ1n) is 7.09. The van der Waals surface area contributed by atoms with Gasteiger partial charge in [-0.25, -0.2) is 0 Å². The van der Waals surface area contributed by atoms with Gasteiger partial charge in [-0.3, -0.25) is 0 Å². The number of hydrogen-bond donors (Lipinski definition) is 1. The fourth-order valence-corrected chi connectivity index (χ4v) is 2.42. The van der Waals surface area contributed by atoms with E-state index in [4.69, 9.17) is 5.11 Å². The highest BCUT2D eigenvalue weighted by Crippen LogP contribution is 2.13. The number of aliphatic hydroxyl groups is 1. The molecule has 1 N–H and O–H groups in total. The van der Waals surface area contributed by atoms with Crippen molar-refractivity contribution in [3.05, 3.63) is 0 Å². The predicted molar refractivity (Wildman–Crippen MR) is 81.1 cm³/mol. The molecule has 0 spiro atoms. The lowest BCUT2D eigenvalue weighted by atomic mass is 10.1. The lowest BCUT2D eigenvalue weighted by Crippen LogP contribution is -1.93. The maximum Gasteiger partial charge on any atom is 0.105 e. The van der Waals surface area contributed by atoms with Crippen molar-refractivity contribution >= 4 is 22.6 Å². The second-order valence-corrected chi connectivity index (χ2v) is 6.20. The van der Waals surface area contributed by atoms with Crippen LogP contribution < -0.4 is 0 Å². The Labute approximate surface area is 116 Å². The molecule has 0 aromatic rings. The molecular formula is C14H29IO. The third-order valence-corrected chi connectivity index (χ3v) is 3.67. The second-order valence-electron chi connectivity index (χ2n) is 4.76. The molecule has 0 heterocycles. The van der Waals surface area contributed by atoms with Crippen molar-refractivity contribution in [2.24, 2.45) is 0 Å². The van der Waals surface area contributed by atoms with Crippen molar-refractivity contribution in [2.45, 2.75) is 88.1 Å². The van der Waals surface area contributed by atoms with Crippen LogP contribution in [0.1, 0.15) is 84.0 Å². The minimum Gasteiger partial charge on any atom is -0.383 e. The van der Waals surface area contributed by atoms with E-state index >= 15 is 0 Å². The molecule has 0 aromatic heterocycles. The van der Waals surface area contributed by atoms with Gasteiger partial charge < -0.3 is 5.11 Å². The summed E-state index contributed by atoms with van der Waals surface area (Å²) in [6.45, 7) is 2.27. The Bertz CT molecular complexity index is 126. The summed E-state index contributed by atoms with van der Waals surface area (Å²) in [5, 5.41) is 9.08. The van der Waals surface area contributed by atoms with Gasteiger partial charge in [0.25, 0.3) is 0 Å². The average Bonchev–Trinajstić information content (AvgIpc) is 2.25. The maximum atomic E-state index is 9.08. The van der Waals surface area contributed by atoms with Crippen LogP contribution in [-0.4, -0.2) is 9.22 Å². The van der Waals surface area contributed by atoms with Crippen molar-refractivity contribution in [3.63, 3.8) is 0 Å². The highest BCUT2D eigenvalue weighted by Gasteiger charge is 1.97. The Morgan fingerprint density at radius 3 is 1.50 bits per heavy atom. The van der Waals surface area contributed by atoms with Gasteiger partial charge in [0.1, 0.15) is 4.11 Å². The fraction of sp³-hybridized carbons (Fsp3) is 1.00. The van der Waals surface area contributed by atoms with Gasteiger partial charge >= 0.3 is 0 Å². The van der Waals surface area contributed by atoms with E-state index in [0.29, 0.717) is 0 Å². The zero-order valence-electron chi connectivity index (χ0n) is 10.9. The molecule has 2 heteroatoms. The van der Waals surface area contributed by atoms with E-state index < -0.39 is 0 Å². The number of halogens is 1. The largest absolute Gasteiger partial charge is 0.383 e. The van der Waals surface area contributed by atoms with Gasteiger partial charge in [0.2, 0.25) is 0 Å². The minimum atomic E-state index is -0.129. The summed E-state index contributed by atoms with van der Waals surface area (Å²) in [5.41, 5.74) is 0. The number of unbranched alkanes of at least 4 members (excludes halogenated alkanes) is 10. The molecule has 1 atom stereocenters. The molecule has 0 aliphatic heterocycles. The summed E-state index contributed by atoms with van der Waals surface area (Å²) in [6.07, 6.45) is 16.1. The van der Waals surface area contributed by atoms with Crippen LogP contribution in [0.4, 0.5) is 0 Å². The van der Waals surface area contributed by atoms with Crippen molar-refractivity contribution in [1.29, 1.82) is 0 Å². The highest BCUT2D eigenvalue weighted by molar-refractivity contribution is 14.1. The molecule has 0 saturated heterocycles. The van der Waals surface area contributed by atoms with Crippen LogP contribution in [0.5, 0.6) is 0 Å². The average molecular weight is 340 g/mol. The van der Waals surface area contributed by atoms with E-state index in [1.54, 1.807) is 0 Å². The van der Waals surface area contributed by atoms with Crippen LogP contribution in [0, 0.1) is 0 Å². The zero-order chi connectivity index (χ0) is 12.1. The molecule has 0 aliphatic carbocycles. The topological polar surface area (TPSA) is 20.2 Å². The van der Waals surface area contributed by atoms with Gasteiger partial charge in [0.05, 0.1) is 0 Å². The summed E-state index contributed by atoms with van der Waals surface area (Å²) >= 11 is 2.09. The van der Waals surface area contributed by atoms with Crippen LogP contribution in [0.3, 0.4) is 0 Å². The van der Waals surface area contributed by atoms with Crippen molar-refractivity contribution in [3.8, 4) is 0 Å². The number of hydrogen-bond acceptors (Lipinski definition) is 1. The Morgan fingerprint density at radius 1 is 0.750 bits per heavy atom. The van der Waals surface area contributed by atoms with Gasteiger partial charge in [0, 0.05) is 0 Å². The standard InChI is InChI=1S/C14H29IO/c1-2-3-4-5-6-7-8-9-10-11-12-13-14(15)16/h14,16H,2-13H2,1H3. The lowest BCUT2D eigenvalue weighted by Gasteiger charge is -2.03. The first-order valence-corrected chi connectivity index (χ1v) is 8.34. The minimum absolute atomic E-state index is 0.129. The Hall–Kier alpha value is 0.690. The van der Waals surface area contributed by atoms with E-state index in [-0.39, 0.29) is 4.11 Å². The molecular weight excluding hydrogens is 311 g/mol.